The molecule has 0 spiro atoms. The third-order valence-corrected chi connectivity index (χ3v) is 5.23. The van der Waals surface area contributed by atoms with Crippen molar-refractivity contribution in [1.29, 1.82) is 0 Å². The molecule has 0 fully saturated rings. The van der Waals surface area contributed by atoms with E-state index in [2.05, 4.69) is 12.0 Å². The molecule has 0 aromatic heterocycles. The number of rotatable bonds is 7. The zero-order valence-corrected chi connectivity index (χ0v) is 15.0. The molecule has 0 aromatic carbocycles. The highest BCUT2D eigenvalue weighted by atomic mass is 35.5. The smallest absolute Gasteiger partial charge is 0.222 e. The first-order chi connectivity index (χ1) is 8.98. The lowest BCUT2D eigenvalue weighted by atomic mass is 10.4. The van der Waals surface area contributed by atoms with Gasteiger partial charge in [-0.3, -0.25) is 0 Å². The predicted molar refractivity (Wildman–Crippen MR) is 86.8 cm³/mol. The van der Waals surface area contributed by atoms with Gasteiger partial charge in [-0.15, -0.1) is 4.52 Å². The van der Waals surface area contributed by atoms with Crippen LogP contribution < -0.4 is 0 Å². The molecule has 1 heterocycles. The number of halogens is 1. The van der Waals surface area contributed by atoms with Gasteiger partial charge in [0.15, 0.2) is 5.03 Å². The highest BCUT2D eigenvalue weighted by molar-refractivity contribution is 8.02. The van der Waals surface area contributed by atoms with E-state index in [-0.39, 0.29) is 0 Å². The SMILES string of the molecule is CCCO[P+](=S)OC1=N[N+](C)(CCC)C(SC)=C1Cl. The van der Waals surface area contributed by atoms with Crippen molar-refractivity contribution in [3.8, 4) is 0 Å². The van der Waals surface area contributed by atoms with E-state index < -0.39 is 7.15 Å². The zero-order chi connectivity index (χ0) is 14.5. The number of nitrogens with zero attached hydrogens (tertiary/aromatic N) is 2. The standard InChI is InChI=1S/C11H20ClN2O2PS2/c1-5-7-14(3)11(19-4)9(12)10(13-14)16-17(18)15-8-6-2/h5-8H2,1-4H3/q+2. The van der Waals surface area contributed by atoms with Crippen molar-refractivity contribution in [2.75, 3.05) is 26.5 Å². The van der Waals surface area contributed by atoms with Crippen molar-refractivity contribution >= 4 is 48.2 Å². The summed E-state index contributed by atoms with van der Waals surface area (Å²) in [6.07, 6.45) is 3.91. The van der Waals surface area contributed by atoms with Gasteiger partial charge in [-0.2, -0.15) is 4.59 Å². The van der Waals surface area contributed by atoms with Crippen molar-refractivity contribution in [2.45, 2.75) is 26.7 Å². The van der Waals surface area contributed by atoms with Gasteiger partial charge in [-0.1, -0.05) is 37.2 Å². The summed E-state index contributed by atoms with van der Waals surface area (Å²) in [5.41, 5.74) is 0. The van der Waals surface area contributed by atoms with Crippen LogP contribution in [0.1, 0.15) is 26.7 Å². The molecule has 2 unspecified atom stereocenters. The molecule has 0 amide bonds. The summed E-state index contributed by atoms with van der Waals surface area (Å²) in [5.74, 6) is 0.416. The molecule has 0 aliphatic carbocycles. The first-order valence-corrected chi connectivity index (χ1v) is 9.96. The second-order valence-corrected chi connectivity index (χ2v) is 7.19. The maximum absolute atomic E-state index is 6.34. The van der Waals surface area contributed by atoms with Crippen LogP contribution in [-0.4, -0.2) is 36.9 Å². The molecule has 19 heavy (non-hydrogen) atoms. The third kappa shape index (κ3) is 4.38. The first kappa shape index (κ1) is 17.3. The Morgan fingerprint density at radius 1 is 1.42 bits per heavy atom. The van der Waals surface area contributed by atoms with Crippen LogP contribution in [0.4, 0.5) is 0 Å². The van der Waals surface area contributed by atoms with E-state index in [1.54, 1.807) is 11.8 Å². The normalized spacial score (nSPS) is 23.6. The minimum atomic E-state index is -1.38. The summed E-state index contributed by atoms with van der Waals surface area (Å²) in [6.45, 7) is 5.62. The van der Waals surface area contributed by atoms with E-state index in [1.807, 2.05) is 20.2 Å². The van der Waals surface area contributed by atoms with Crippen molar-refractivity contribution in [2.24, 2.45) is 5.10 Å². The quantitative estimate of drug-likeness (QED) is 0.513. The van der Waals surface area contributed by atoms with E-state index in [1.165, 1.54) is 0 Å². The van der Waals surface area contributed by atoms with Gasteiger partial charge in [0.05, 0.1) is 7.05 Å². The van der Waals surface area contributed by atoms with Crippen LogP contribution in [0.3, 0.4) is 0 Å². The molecular formula is C11H20ClN2O2PS2+2. The fourth-order valence-electron chi connectivity index (χ4n) is 1.79. The molecule has 1 aliphatic rings. The van der Waals surface area contributed by atoms with Crippen LogP contribution in [0.15, 0.2) is 15.2 Å². The van der Waals surface area contributed by atoms with Gasteiger partial charge in [0.2, 0.25) is 16.8 Å². The molecule has 0 bridgehead atoms. The largest absolute Gasteiger partial charge is 0.575 e. The third-order valence-electron chi connectivity index (χ3n) is 2.54. The number of hydrogen-bond donors (Lipinski definition) is 0. The average molecular weight is 343 g/mol. The first-order valence-electron chi connectivity index (χ1n) is 6.17. The lowest BCUT2D eigenvalue weighted by Gasteiger charge is -2.23. The molecule has 0 aromatic rings. The molecule has 2 atom stereocenters. The Kier molecular flexibility index (Phi) is 7.22. The summed E-state index contributed by atoms with van der Waals surface area (Å²) in [5, 5.41) is 6.12. The molecule has 0 radical (unpaired) electrons. The topological polar surface area (TPSA) is 30.8 Å². The Morgan fingerprint density at radius 2 is 2.11 bits per heavy atom. The lowest BCUT2D eigenvalue weighted by Crippen LogP contribution is -2.35. The summed E-state index contributed by atoms with van der Waals surface area (Å²) in [7, 11) is 0.636. The van der Waals surface area contributed by atoms with Crippen molar-refractivity contribution in [1.82, 2.24) is 0 Å². The molecule has 4 nitrogen and oxygen atoms in total. The van der Waals surface area contributed by atoms with E-state index in [0.29, 0.717) is 22.1 Å². The van der Waals surface area contributed by atoms with E-state index in [4.69, 9.17) is 32.5 Å². The van der Waals surface area contributed by atoms with Gasteiger partial charge in [-0.25, -0.2) is 4.52 Å². The van der Waals surface area contributed by atoms with Crippen LogP contribution in [0, 0.1) is 0 Å². The van der Waals surface area contributed by atoms with Crippen LogP contribution in [0.25, 0.3) is 0 Å². The number of hydrogen-bond acceptors (Lipinski definition) is 5. The van der Waals surface area contributed by atoms with Gasteiger partial charge in [0, 0.05) is 0 Å². The van der Waals surface area contributed by atoms with Crippen molar-refractivity contribution in [3.63, 3.8) is 0 Å². The van der Waals surface area contributed by atoms with Gasteiger partial charge in [-0.05, 0) is 24.2 Å². The van der Waals surface area contributed by atoms with Crippen LogP contribution >= 0.6 is 30.5 Å². The molecular weight excluding hydrogens is 323 g/mol. The maximum Gasteiger partial charge on any atom is 0.575 e. The summed E-state index contributed by atoms with van der Waals surface area (Å²) in [4.78, 5) is 0. The maximum atomic E-state index is 6.34. The summed E-state index contributed by atoms with van der Waals surface area (Å²) < 4.78 is 11.4. The fourth-order valence-corrected chi connectivity index (χ4v) is 4.21. The second kappa shape index (κ2) is 7.91. The Hall–Kier alpha value is 0.290. The van der Waals surface area contributed by atoms with Crippen LogP contribution in [0.5, 0.6) is 0 Å². The second-order valence-electron chi connectivity index (χ2n) is 4.24. The van der Waals surface area contributed by atoms with E-state index in [9.17, 15) is 0 Å². The number of thioether (sulfide) groups is 1. The van der Waals surface area contributed by atoms with Crippen LogP contribution in [-0.2, 0) is 20.9 Å². The molecule has 8 heteroatoms. The van der Waals surface area contributed by atoms with Gasteiger partial charge in [0.25, 0.3) is 0 Å². The lowest BCUT2D eigenvalue weighted by molar-refractivity contribution is -0.869. The van der Waals surface area contributed by atoms with Crippen LogP contribution in [0.2, 0.25) is 0 Å². The Balaban J connectivity index is 2.84. The number of quaternary nitrogens is 1. The highest BCUT2D eigenvalue weighted by Gasteiger charge is 2.43. The van der Waals surface area contributed by atoms with Crippen molar-refractivity contribution in [3.05, 3.63) is 10.1 Å². The molecule has 1 rings (SSSR count). The van der Waals surface area contributed by atoms with Gasteiger partial charge < -0.3 is 0 Å². The molecule has 0 N–H and O–H groups in total. The molecule has 1 aliphatic heterocycles. The summed E-state index contributed by atoms with van der Waals surface area (Å²) >= 11 is 13.1. The highest BCUT2D eigenvalue weighted by Crippen LogP contribution is 2.40. The summed E-state index contributed by atoms with van der Waals surface area (Å²) in [6, 6.07) is 0. The average Bonchev–Trinajstić information content (AvgIpc) is 2.58. The van der Waals surface area contributed by atoms with E-state index in [0.717, 1.165) is 24.4 Å². The minimum absolute atomic E-state index is 0.416. The fraction of sp³-hybridized carbons (Fsp3) is 0.727. The zero-order valence-electron chi connectivity index (χ0n) is 11.7. The molecule has 0 saturated carbocycles. The minimum Gasteiger partial charge on any atom is -0.222 e. The molecule has 0 saturated heterocycles. The Labute approximate surface area is 130 Å². The Morgan fingerprint density at radius 3 is 2.63 bits per heavy atom. The van der Waals surface area contributed by atoms with E-state index >= 15 is 0 Å². The molecule has 108 valence electrons. The van der Waals surface area contributed by atoms with Gasteiger partial charge >= 0.3 is 13.0 Å². The predicted octanol–water partition coefficient (Wildman–Crippen LogP) is 4.16. The Bertz CT molecular complexity index is 417. The van der Waals surface area contributed by atoms with Gasteiger partial charge in [0.1, 0.15) is 13.2 Å². The van der Waals surface area contributed by atoms with Crippen molar-refractivity contribution < 1.29 is 13.6 Å². The monoisotopic (exact) mass is 342 g/mol.